The fourth-order valence-corrected chi connectivity index (χ4v) is 2.67. The molecule has 2 aromatic rings. The van der Waals surface area contributed by atoms with Crippen LogP contribution in [-0.4, -0.2) is 38.1 Å². The van der Waals surface area contributed by atoms with Crippen molar-refractivity contribution in [1.82, 2.24) is 0 Å². The zero-order valence-corrected chi connectivity index (χ0v) is 17.2. The quantitative estimate of drug-likeness (QED) is 0.278. The second kappa shape index (κ2) is 12.8. The highest BCUT2D eigenvalue weighted by atomic mass is 35.5. The molecule has 0 aromatic heterocycles. The SMILES string of the molecule is COc1ccc(CC(=O)OCCCC(=O)Cl)cc1OCCOCc1ccccc1. The van der Waals surface area contributed by atoms with Gasteiger partial charge in [-0.1, -0.05) is 36.4 Å². The van der Waals surface area contributed by atoms with E-state index in [1.54, 1.807) is 25.3 Å². The fourth-order valence-electron chi connectivity index (χ4n) is 2.53. The Balaban J connectivity index is 1.78. The standard InChI is InChI=1S/C22H25ClO6/c1-26-19-10-9-18(15-22(25)29-11-5-8-21(23)24)14-20(19)28-13-12-27-16-17-6-3-2-4-7-17/h2-4,6-7,9-10,14H,5,8,11-13,15-16H2,1H3. The smallest absolute Gasteiger partial charge is 0.310 e. The molecular weight excluding hydrogens is 396 g/mol. The third-order valence-corrected chi connectivity index (χ3v) is 4.14. The van der Waals surface area contributed by atoms with E-state index in [1.165, 1.54) is 0 Å². The van der Waals surface area contributed by atoms with Gasteiger partial charge in [-0.05, 0) is 41.3 Å². The number of halogens is 1. The van der Waals surface area contributed by atoms with Crippen molar-refractivity contribution in [2.75, 3.05) is 26.9 Å². The topological polar surface area (TPSA) is 71.1 Å². The highest BCUT2D eigenvalue weighted by Gasteiger charge is 2.10. The summed E-state index contributed by atoms with van der Waals surface area (Å²) in [7, 11) is 1.56. The number of carbonyl (C=O) groups excluding carboxylic acids is 2. The van der Waals surface area contributed by atoms with Crippen molar-refractivity contribution < 1.29 is 28.5 Å². The molecule has 29 heavy (non-hydrogen) atoms. The Morgan fingerprint density at radius 3 is 2.45 bits per heavy atom. The number of esters is 1. The van der Waals surface area contributed by atoms with Crippen LogP contribution in [0.1, 0.15) is 24.0 Å². The van der Waals surface area contributed by atoms with Crippen molar-refractivity contribution in [3.8, 4) is 11.5 Å². The largest absolute Gasteiger partial charge is 0.493 e. The van der Waals surface area contributed by atoms with Crippen molar-refractivity contribution in [2.24, 2.45) is 0 Å². The molecule has 0 unspecified atom stereocenters. The summed E-state index contributed by atoms with van der Waals surface area (Å²) >= 11 is 5.25. The van der Waals surface area contributed by atoms with Crippen molar-refractivity contribution in [3.05, 3.63) is 59.7 Å². The summed E-state index contributed by atoms with van der Waals surface area (Å²) in [5.41, 5.74) is 1.84. The first kappa shape index (κ1) is 22.7. The summed E-state index contributed by atoms with van der Waals surface area (Å²) in [6.07, 6.45) is 0.690. The highest BCUT2D eigenvalue weighted by molar-refractivity contribution is 6.63. The highest BCUT2D eigenvalue weighted by Crippen LogP contribution is 2.28. The minimum atomic E-state index is -0.439. The van der Waals surface area contributed by atoms with E-state index >= 15 is 0 Å². The summed E-state index contributed by atoms with van der Waals surface area (Å²) in [5, 5.41) is -0.439. The minimum absolute atomic E-state index is 0.0969. The zero-order chi connectivity index (χ0) is 20.9. The van der Waals surface area contributed by atoms with Crippen molar-refractivity contribution in [3.63, 3.8) is 0 Å². The molecule has 0 aliphatic carbocycles. The second-order valence-electron chi connectivity index (χ2n) is 6.23. The van der Waals surface area contributed by atoms with E-state index in [2.05, 4.69) is 0 Å². The molecule has 0 aliphatic heterocycles. The number of hydrogen-bond acceptors (Lipinski definition) is 6. The maximum atomic E-state index is 11.9. The van der Waals surface area contributed by atoms with E-state index in [9.17, 15) is 9.59 Å². The first-order chi connectivity index (χ1) is 14.1. The normalized spacial score (nSPS) is 10.4. The Bertz CT molecular complexity index is 778. The molecule has 0 saturated heterocycles. The fraction of sp³-hybridized carbons (Fsp3) is 0.364. The van der Waals surface area contributed by atoms with Gasteiger partial charge in [0.1, 0.15) is 6.61 Å². The lowest BCUT2D eigenvalue weighted by atomic mass is 10.1. The van der Waals surface area contributed by atoms with Gasteiger partial charge in [0.2, 0.25) is 5.24 Å². The molecule has 0 fully saturated rings. The number of methoxy groups -OCH3 is 1. The van der Waals surface area contributed by atoms with E-state index in [0.717, 1.165) is 11.1 Å². The van der Waals surface area contributed by atoms with Gasteiger partial charge in [-0.3, -0.25) is 9.59 Å². The van der Waals surface area contributed by atoms with Crippen LogP contribution in [0.15, 0.2) is 48.5 Å². The summed E-state index contributed by atoms with van der Waals surface area (Å²) in [6.45, 7) is 1.45. The summed E-state index contributed by atoms with van der Waals surface area (Å²) in [6, 6.07) is 15.2. The molecule has 0 radical (unpaired) electrons. The summed E-state index contributed by atoms with van der Waals surface area (Å²) < 4.78 is 21.8. The molecule has 0 heterocycles. The van der Waals surface area contributed by atoms with Crippen LogP contribution in [0.2, 0.25) is 0 Å². The molecule has 0 spiro atoms. The molecule has 0 N–H and O–H groups in total. The number of benzene rings is 2. The van der Waals surface area contributed by atoms with E-state index in [-0.39, 0.29) is 25.4 Å². The lowest BCUT2D eigenvalue weighted by Crippen LogP contribution is -2.10. The Morgan fingerprint density at radius 2 is 1.72 bits per heavy atom. The Hall–Kier alpha value is -2.57. The van der Waals surface area contributed by atoms with Gasteiger partial charge >= 0.3 is 5.97 Å². The second-order valence-corrected chi connectivity index (χ2v) is 6.65. The van der Waals surface area contributed by atoms with Gasteiger partial charge in [0.05, 0.1) is 33.4 Å². The van der Waals surface area contributed by atoms with Gasteiger partial charge in [-0.15, -0.1) is 0 Å². The van der Waals surface area contributed by atoms with Gasteiger partial charge in [0.25, 0.3) is 0 Å². The van der Waals surface area contributed by atoms with Crippen LogP contribution in [0, 0.1) is 0 Å². The van der Waals surface area contributed by atoms with Crippen molar-refractivity contribution in [1.29, 1.82) is 0 Å². The average molecular weight is 421 g/mol. The number of rotatable bonds is 13. The molecule has 156 valence electrons. The Morgan fingerprint density at radius 1 is 0.931 bits per heavy atom. The van der Waals surface area contributed by atoms with E-state index in [1.807, 2.05) is 30.3 Å². The molecule has 2 rings (SSSR count). The van der Waals surface area contributed by atoms with Crippen LogP contribution >= 0.6 is 11.6 Å². The van der Waals surface area contributed by atoms with Crippen LogP contribution in [0.3, 0.4) is 0 Å². The monoisotopic (exact) mass is 420 g/mol. The first-order valence-electron chi connectivity index (χ1n) is 9.34. The lowest BCUT2D eigenvalue weighted by Gasteiger charge is -2.13. The Labute approximate surface area is 175 Å². The molecule has 0 aliphatic rings. The van der Waals surface area contributed by atoms with Gasteiger partial charge in [0, 0.05) is 6.42 Å². The number of hydrogen-bond donors (Lipinski definition) is 0. The number of ether oxygens (including phenoxy) is 4. The lowest BCUT2D eigenvalue weighted by molar-refractivity contribution is -0.143. The van der Waals surface area contributed by atoms with E-state index in [4.69, 9.17) is 30.5 Å². The maximum Gasteiger partial charge on any atom is 0.310 e. The minimum Gasteiger partial charge on any atom is -0.493 e. The molecule has 0 atom stereocenters. The summed E-state index contributed by atoms with van der Waals surface area (Å²) in [4.78, 5) is 22.6. The molecule has 6 nitrogen and oxygen atoms in total. The van der Waals surface area contributed by atoms with Crippen LogP contribution in [0.5, 0.6) is 11.5 Å². The first-order valence-corrected chi connectivity index (χ1v) is 9.71. The molecular formula is C22H25ClO6. The predicted molar refractivity (Wildman–Crippen MR) is 109 cm³/mol. The van der Waals surface area contributed by atoms with Crippen LogP contribution in [-0.2, 0) is 32.1 Å². The zero-order valence-electron chi connectivity index (χ0n) is 16.4. The van der Waals surface area contributed by atoms with E-state index in [0.29, 0.717) is 37.7 Å². The van der Waals surface area contributed by atoms with Gasteiger partial charge in [0.15, 0.2) is 11.5 Å². The molecule has 0 amide bonds. The molecule has 0 saturated carbocycles. The van der Waals surface area contributed by atoms with Crippen LogP contribution in [0.25, 0.3) is 0 Å². The predicted octanol–water partition coefficient (Wildman–Crippen LogP) is 3.92. The number of carbonyl (C=O) groups is 2. The van der Waals surface area contributed by atoms with Crippen molar-refractivity contribution in [2.45, 2.75) is 25.9 Å². The maximum absolute atomic E-state index is 11.9. The van der Waals surface area contributed by atoms with Crippen LogP contribution in [0.4, 0.5) is 0 Å². The van der Waals surface area contributed by atoms with E-state index < -0.39 is 5.24 Å². The Kier molecular flexibility index (Phi) is 10.0. The van der Waals surface area contributed by atoms with Crippen molar-refractivity contribution >= 4 is 22.8 Å². The third-order valence-electron chi connectivity index (χ3n) is 3.95. The van der Waals surface area contributed by atoms with Gasteiger partial charge in [-0.25, -0.2) is 0 Å². The third kappa shape index (κ3) is 8.98. The van der Waals surface area contributed by atoms with Gasteiger partial charge < -0.3 is 18.9 Å². The average Bonchev–Trinajstić information content (AvgIpc) is 2.72. The van der Waals surface area contributed by atoms with Crippen LogP contribution < -0.4 is 9.47 Å². The molecule has 7 heteroatoms. The van der Waals surface area contributed by atoms with Gasteiger partial charge in [-0.2, -0.15) is 0 Å². The molecule has 0 bridgehead atoms. The molecule has 2 aromatic carbocycles. The summed E-state index contributed by atoms with van der Waals surface area (Å²) in [5.74, 6) is 0.731.